The largest absolute Gasteiger partial charge is 0.120 e. The summed E-state index contributed by atoms with van der Waals surface area (Å²) in [6, 6.07) is 21.0. The van der Waals surface area contributed by atoms with Crippen molar-refractivity contribution in [2.75, 3.05) is 0 Å². The Morgan fingerprint density at radius 1 is 0.636 bits per heavy atom. The lowest BCUT2D eigenvalue weighted by Crippen LogP contribution is -1.78. The average Bonchev–Trinajstić information content (AvgIpc) is 3.50. The smallest absolute Gasteiger partial charge is 0.0275 e. The lowest BCUT2D eigenvalue weighted by Gasteiger charge is -1.94. The molecule has 2 aromatic rings. The monoisotopic (exact) mass is 284 g/mol. The fourth-order valence-electron chi connectivity index (χ4n) is 2.90. The minimum absolute atomic E-state index is 0.511. The summed E-state index contributed by atoms with van der Waals surface area (Å²) in [6.45, 7) is 0. The van der Waals surface area contributed by atoms with Gasteiger partial charge < -0.3 is 0 Å². The molecule has 0 heterocycles. The maximum Gasteiger partial charge on any atom is 0.0275 e. The second-order valence-electron chi connectivity index (χ2n) is 6.05. The number of rotatable bonds is 2. The Labute approximate surface area is 133 Å². The van der Waals surface area contributed by atoms with Gasteiger partial charge in [-0.2, -0.15) is 0 Å². The van der Waals surface area contributed by atoms with Crippen molar-refractivity contribution in [1.29, 1.82) is 0 Å². The maximum absolute atomic E-state index is 5.31. The molecule has 2 aliphatic rings. The van der Waals surface area contributed by atoms with Crippen LogP contribution in [0.3, 0.4) is 0 Å². The zero-order chi connectivity index (χ0) is 15.4. The highest BCUT2D eigenvalue weighted by Gasteiger charge is 2.36. The molecule has 2 aromatic carbocycles. The Bertz CT molecular complexity index is 621. The van der Waals surface area contributed by atoms with E-state index in [0.717, 1.165) is 0 Å². The van der Waals surface area contributed by atoms with Gasteiger partial charge in [0.2, 0.25) is 0 Å². The summed E-state index contributed by atoms with van der Waals surface area (Å²) in [6.07, 6.45) is 13.0. The maximum atomic E-state index is 5.31. The van der Waals surface area contributed by atoms with Gasteiger partial charge in [0.25, 0.3) is 0 Å². The molecular formula is C22H20. The van der Waals surface area contributed by atoms with Gasteiger partial charge in [0.15, 0.2) is 0 Å². The molecule has 22 heavy (non-hydrogen) atoms. The predicted molar refractivity (Wildman–Crippen MR) is 92.2 cm³/mol. The molecule has 0 unspecified atom stereocenters. The van der Waals surface area contributed by atoms with E-state index >= 15 is 0 Å². The molecule has 0 nitrogen and oxygen atoms in total. The van der Waals surface area contributed by atoms with Crippen LogP contribution in [0.25, 0.3) is 0 Å². The number of hydrogen-bond acceptors (Lipinski definition) is 0. The zero-order valence-electron chi connectivity index (χ0n) is 12.7. The second kappa shape index (κ2) is 6.55. The molecule has 0 N–H and O–H groups in total. The second-order valence-corrected chi connectivity index (χ2v) is 6.05. The number of hydrogen-bond donors (Lipinski definition) is 0. The minimum atomic E-state index is 0.511. The molecule has 108 valence electrons. The average molecular weight is 284 g/mol. The van der Waals surface area contributed by atoms with Gasteiger partial charge in [-0.25, -0.2) is 0 Å². The summed E-state index contributed by atoms with van der Waals surface area (Å²) in [4.78, 5) is 0. The van der Waals surface area contributed by atoms with Gasteiger partial charge in [0, 0.05) is 11.8 Å². The summed E-state index contributed by atoms with van der Waals surface area (Å²) in [7, 11) is 0. The first-order valence-electron chi connectivity index (χ1n) is 7.85. The summed E-state index contributed by atoms with van der Waals surface area (Å²) in [5, 5.41) is 0. The van der Waals surface area contributed by atoms with Crippen LogP contribution in [-0.2, 0) is 0 Å². The molecule has 0 aromatic heterocycles. The van der Waals surface area contributed by atoms with Crippen molar-refractivity contribution in [3.63, 3.8) is 0 Å². The van der Waals surface area contributed by atoms with E-state index in [1.165, 1.54) is 24.0 Å². The fourth-order valence-corrected chi connectivity index (χ4v) is 2.90. The van der Waals surface area contributed by atoms with Gasteiger partial charge in [-0.15, -0.1) is 24.7 Å². The molecule has 0 heteroatoms. The first-order chi connectivity index (χ1) is 10.8. The highest BCUT2D eigenvalue weighted by molar-refractivity contribution is 5.30. The van der Waals surface area contributed by atoms with Crippen molar-refractivity contribution >= 4 is 0 Å². The Balaban J connectivity index is 0.000000131. The van der Waals surface area contributed by atoms with Crippen molar-refractivity contribution in [3.05, 3.63) is 71.8 Å². The molecule has 0 radical (unpaired) electrons. The summed E-state index contributed by atoms with van der Waals surface area (Å²) in [5.41, 5.74) is 2.80. The van der Waals surface area contributed by atoms with Gasteiger partial charge in [0.05, 0.1) is 0 Å². The third-order valence-corrected chi connectivity index (χ3v) is 4.46. The van der Waals surface area contributed by atoms with Crippen molar-refractivity contribution in [2.24, 2.45) is 11.8 Å². The van der Waals surface area contributed by atoms with Crippen LogP contribution in [0.15, 0.2) is 60.7 Å². The quantitative estimate of drug-likeness (QED) is 0.692. The molecule has 2 fully saturated rings. The van der Waals surface area contributed by atoms with E-state index in [2.05, 4.69) is 60.4 Å². The number of terminal acetylenes is 2. The molecule has 4 rings (SSSR count). The Kier molecular flexibility index (Phi) is 4.32. The van der Waals surface area contributed by atoms with Gasteiger partial charge in [0.1, 0.15) is 0 Å². The molecule has 0 saturated heterocycles. The highest BCUT2D eigenvalue weighted by Crippen LogP contribution is 2.47. The van der Waals surface area contributed by atoms with Crippen LogP contribution in [-0.4, -0.2) is 0 Å². The van der Waals surface area contributed by atoms with E-state index in [4.69, 9.17) is 12.8 Å². The van der Waals surface area contributed by atoms with Crippen LogP contribution in [0.5, 0.6) is 0 Å². The third-order valence-electron chi connectivity index (χ3n) is 4.46. The molecule has 0 spiro atoms. The first kappa shape index (κ1) is 14.5. The number of benzene rings is 2. The molecule has 4 atom stereocenters. The van der Waals surface area contributed by atoms with Crippen LogP contribution in [0.2, 0.25) is 0 Å². The molecule has 0 aliphatic heterocycles. The highest BCUT2D eigenvalue weighted by atomic mass is 14.4. The normalized spacial score (nSPS) is 27.5. The van der Waals surface area contributed by atoms with E-state index in [0.29, 0.717) is 23.7 Å². The fraction of sp³-hybridized carbons (Fsp3) is 0.273. The van der Waals surface area contributed by atoms with Crippen LogP contribution in [0.1, 0.15) is 35.8 Å². The molecule has 2 saturated carbocycles. The SMILES string of the molecule is C#C[C@@H]1C[C@H]1c1ccccc1.C#C[C@H]1C[C@@H]1c1ccccc1. The molecule has 0 amide bonds. The third kappa shape index (κ3) is 3.41. The lowest BCUT2D eigenvalue weighted by atomic mass is 10.1. The first-order valence-corrected chi connectivity index (χ1v) is 7.85. The van der Waals surface area contributed by atoms with E-state index in [1.54, 1.807) is 0 Å². The standard InChI is InChI=1S/2C11H10/c2*1-2-9-8-11(9)10-6-4-3-5-7-10/h2*1,3-7,9,11H,8H2/t2*9-,11-/m10/s1. The molecule has 0 bridgehead atoms. The minimum Gasteiger partial charge on any atom is -0.120 e. The van der Waals surface area contributed by atoms with E-state index < -0.39 is 0 Å². The van der Waals surface area contributed by atoms with Crippen molar-refractivity contribution < 1.29 is 0 Å². The van der Waals surface area contributed by atoms with Crippen molar-refractivity contribution in [1.82, 2.24) is 0 Å². The van der Waals surface area contributed by atoms with Gasteiger partial charge in [-0.05, 0) is 35.8 Å². The van der Waals surface area contributed by atoms with Crippen LogP contribution in [0.4, 0.5) is 0 Å². The Morgan fingerprint density at radius 2 is 1.00 bits per heavy atom. The van der Waals surface area contributed by atoms with E-state index in [9.17, 15) is 0 Å². The Hall–Kier alpha value is -2.44. The van der Waals surface area contributed by atoms with Crippen molar-refractivity contribution in [3.8, 4) is 24.7 Å². The van der Waals surface area contributed by atoms with Gasteiger partial charge in [-0.3, -0.25) is 0 Å². The Morgan fingerprint density at radius 3 is 1.27 bits per heavy atom. The molecular weight excluding hydrogens is 264 g/mol. The van der Waals surface area contributed by atoms with E-state index in [1.807, 2.05) is 12.1 Å². The van der Waals surface area contributed by atoms with Crippen LogP contribution in [0, 0.1) is 36.5 Å². The summed E-state index contributed by atoms with van der Waals surface area (Å²) in [5.74, 6) is 7.91. The molecule has 2 aliphatic carbocycles. The van der Waals surface area contributed by atoms with Gasteiger partial charge >= 0.3 is 0 Å². The predicted octanol–water partition coefficient (Wildman–Crippen LogP) is 4.85. The van der Waals surface area contributed by atoms with Crippen LogP contribution < -0.4 is 0 Å². The van der Waals surface area contributed by atoms with Crippen LogP contribution >= 0.6 is 0 Å². The summed E-state index contributed by atoms with van der Waals surface area (Å²) < 4.78 is 0. The van der Waals surface area contributed by atoms with E-state index in [-0.39, 0.29) is 0 Å². The lowest BCUT2D eigenvalue weighted by molar-refractivity contribution is 1.04. The van der Waals surface area contributed by atoms with Gasteiger partial charge in [-0.1, -0.05) is 60.7 Å². The van der Waals surface area contributed by atoms with Crippen molar-refractivity contribution in [2.45, 2.75) is 24.7 Å². The zero-order valence-corrected chi connectivity index (χ0v) is 12.7. The topological polar surface area (TPSA) is 0 Å². The summed E-state index contributed by atoms with van der Waals surface area (Å²) >= 11 is 0.